The Hall–Kier alpha value is -1.85. The molecule has 24 heavy (non-hydrogen) atoms. The third kappa shape index (κ3) is 5.35. The fourth-order valence-corrected chi connectivity index (χ4v) is 2.62. The second-order valence-electron chi connectivity index (χ2n) is 8.45. The Bertz CT molecular complexity index is 558. The second kappa shape index (κ2) is 6.95. The fraction of sp³-hybridized carbons (Fsp3) is 0.722. The molecule has 1 N–H and O–H groups in total. The number of piperidine rings is 1. The molecule has 6 heteroatoms. The van der Waals surface area contributed by atoms with E-state index in [1.165, 1.54) is 0 Å². The van der Waals surface area contributed by atoms with Crippen molar-refractivity contribution in [2.45, 2.75) is 71.4 Å². The van der Waals surface area contributed by atoms with Gasteiger partial charge in [-0.05, 0) is 44.6 Å². The van der Waals surface area contributed by atoms with E-state index in [0.717, 1.165) is 30.9 Å². The Morgan fingerprint density at radius 3 is 2.38 bits per heavy atom. The summed E-state index contributed by atoms with van der Waals surface area (Å²) in [5.41, 5.74) is 0.678. The quantitative estimate of drug-likeness (QED) is 0.899. The Morgan fingerprint density at radius 1 is 1.21 bits per heavy atom. The van der Waals surface area contributed by atoms with Crippen molar-refractivity contribution in [3.05, 3.63) is 18.0 Å². The highest BCUT2D eigenvalue weighted by Crippen LogP contribution is 2.22. The molecule has 1 aliphatic rings. The zero-order chi connectivity index (χ0) is 18.0. The van der Waals surface area contributed by atoms with Crippen molar-refractivity contribution in [1.29, 1.82) is 0 Å². The van der Waals surface area contributed by atoms with Crippen LogP contribution in [0.2, 0.25) is 0 Å². The molecule has 1 fully saturated rings. The summed E-state index contributed by atoms with van der Waals surface area (Å²) in [6, 6.07) is 0.0551. The normalized spacial score (nSPS) is 19.1. The maximum absolute atomic E-state index is 11.9. The lowest BCUT2D eigenvalue weighted by molar-refractivity contribution is 0.0500. The van der Waals surface area contributed by atoms with Crippen molar-refractivity contribution in [1.82, 2.24) is 15.3 Å². The zero-order valence-corrected chi connectivity index (χ0v) is 15.7. The minimum Gasteiger partial charge on any atom is -0.444 e. The average Bonchev–Trinajstić information content (AvgIpc) is 2.44. The summed E-state index contributed by atoms with van der Waals surface area (Å²) in [5, 5.41) is 2.95. The third-order valence-corrected chi connectivity index (χ3v) is 3.93. The second-order valence-corrected chi connectivity index (χ2v) is 8.45. The lowest BCUT2D eigenvalue weighted by atomic mass is 9.89. The first-order valence-electron chi connectivity index (χ1n) is 8.61. The van der Waals surface area contributed by atoms with Gasteiger partial charge in [-0.2, -0.15) is 0 Å². The molecule has 1 atom stereocenters. The number of rotatable bonds is 2. The van der Waals surface area contributed by atoms with E-state index in [9.17, 15) is 4.79 Å². The number of aromatic nitrogens is 2. The molecule has 1 aromatic heterocycles. The fourth-order valence-electron chi connectivity index (χ4n) is 2.62. The standard InChI is InChI=1S/C18H30N4O2/c1-17(2,3)13-10-19-15(20-11-13)22-9-7-8-14(12-22)21-16(23)24-18(4,5)6/h10-11,14H,7-9,12H2,1-6H3,(H,21,23). The van der Waals surface area contributed by atoms with Crippen molar-refractivity contribution in [3.8, 4) is 0 Å². The van der Waals surface area contributed by atoms with E-state index >= 15 is 0 Å². The van der Waals surface area contributed by atoms with Crippen molar-refractivity contribution < 1.29 is 9.53 Å². The zero-order valence-electron chi connectivity index (χ0n) is 15.7. The molecule has 0 spiro atoms. The van der Waals surface area contributed by atoms with Gasteiger partial charge in [0.2, 0.25) is 5.95 Å². The predicted octanol–water partition coefficient (Wildman–Crippen LogP) is 3.27. The molecule has 1 aliphatic heterocycles. The molecule has 1 saturated heterocycles. The van der Waals surface area contributed by atoms with Gasteiger partial charge in [0.15, 0.2) is 0 Å². The Balaban J connectivity index is 1.96. The maximum atomic E-state index is 11.9. The van der Waals surface area contributed by atoms with Crippen molar-refractivity contribution in [2.24, 2.45) is 0 Å². The number of ether oxygens (including phenoxy) is 1. The van der Waals surface area contributed by atoms with Crippen LogP contribution in [0, 0.1) is 0 Å². The van der Waals surface area contributed by atoms with Crippen molar-refractivity contribution in [3.63, 3.8) is 0 Å². The largest absolute Gasteiger partial charge is 0.444 e. The molecular weight excluding hydrogens is 304 g/mol. The van der Waals surface area contributed by atoms with Gasteiger partial charge in [0, 0.05) is 31.5 Å². The Morgan fingerprint density at radius 2 is 1.83 bits per heavy atom. The van der Waals surface area contributed by atoms with Crippen LogP contribution < -0.4 is 10.2 Å². The minimum absolute atomic E-state index is 0.0429. The van der Waals surface area contributed by atoms with Crippen LogP contribution in [0.25, 0.3) is 0 Å². The summed E-state index contributed by atoms with van der Waals surface area (Å²) >= 11 is 0. The van der Waals surface area contributed by atoms with E-state index in [1.807, 2.05) is 33.2 Å². The van der Waals surface area contributed by atoms with Crippen LogP contribution >= 0.6 is 0 Å². The Kier molecular flexibility index (Phi) is 5.35. The molecule has 2 heterocycles. The van der Waals surface area contributed by atoms with Gasteiger partial charge in [-0.3, -0.25) is 0 Å². The van der Waals surface area contributed by atoms with E-state index < -0.39 is 5.60 Å². The maximum Gasteiger partial charge on any atom is 0.407 e. The molecule has 0 radical (unpaired) electrons. The van der Waals surface area contributed by atoms with Gasteiger partial charge in [0.25, 0.3) is 0 Å². The number of hydrogen-bond acceptors (Lipinski definition) is 5. The van der Waals surface area contributed by atoms with Crippen LogP contribution in [-0.4, -0.2) is 40.8 Å². The average molecular weight is 334 g/mol. The first-order chi connectivity index (χ1) is 11.0. The van der Waals surface area contributed by atoms with Gasteiger partial charge in [0.05, 0.1) is 0 Å². The predicted molar refractivity (Wildman–Crippen MR) is 95.3 cm³/mol. The summed E-state index contributed by atoms with van der Waals surface area (Å²) in [4.78, 5) is 23.1. The topological polar surface area (TPSA) is 67.3 Å². The highest BCUT2D eigenvalue weighted by atomic mass is 16.6. The summed E-state index contributed by atoms with van der Waals surface area (Å²) < 4.78 is 5.33. The number of carbonyl (C=O) groups excluding carboxylic acids is 1. The van der Waals surface area contributed by atoms with Gasteiger partial charge < -0.3 is 15.0 Å². The summed E-state index contributed by atoms with van der Waals surface area (Å²) in [5.74, 6) is 0.721. The molecule has 0 bridgehead atoms. The highest BCUT2D eigenvalue weighted by Gasteiger charge is 2.25. The molecule has 1 aromatic rings. The van der Waals surface area contributed by atoms with E-state index in [0.29, 0.717) is 6.54 Å². The van der Waals surface area contributed by atoms with E-state index in [1.54, 1.807) is 0 Å². The van der Waals surface area contributed by atoms with Crippen LogP contribution in [0.1, 0.15) is 59.9 Å². The molecule has 0 saturated carbocycles. The summed E-state index contributed by atoms with van der Waals surface area (Å²) in [6.45, 7) is 13.6. The monoisotopic (exact) mass is 334 g/mol. The number of nitrogens with one attached hydrogen (secondary N) is 1. The molecule has 6 nitrogen and oxygen atoms in total. The van der Waals surface area contributed by atoms with Gasteiger partial charge in [-0.1, -0.05) is 20.8 Å². The van der Waals surface area contributed by atoms with Crippen LogP contribution in [0.3, 0.4) is 0 Å². The minimum atomic E-state index is -0.482. The molecular formula is C18H30N4O2. The van der Waals surface area contributed by atoms with Gasteiger partial charge in [-0.25, -0.2) is 14.8 Å². The first-order valence-corrected chi connectivity index (χ1v) is 8.61. The van der Waals surface area contributed by atoms with Crippen molar-refractivity contribution in [2.75, 3.05) is 18.0 Å². The Labute approximate surface area is 145 Å². The van der Waals surface area contributed by atoms with Crippen LogP contribution in [0.4, 0.5) is 10.7 Å². The SMILES string of the molecule is CC(C)(C)OC(=O)NC1CCCN(c2ncc(C(C)(C)C)cn2)C1. The number of amides is 1. The third-order valence-electron chi connectivity index (χ3n) is 3.93. The number of anilines is 1. The van der Waals surface area contributed by atoms with Gasteiger partial charge in [-0.15, -0.1) is 0 Å². The lowest BCUT2D eigenvalue weighted by Gasteiger charge is -2.33. The van der Waals surface area contributed by atoms with E-state index in [2.05, 4.69) is 41.0 Å². The molecule has 2 rings (SSSR count). The van der Waals surface area contributed by atoms with Crippen molar-refractivity contribution >= 4 is 12.0 Å². The van der Waals surface area contributed by atoms with Gasteiger partial charge >= 0.3 is 6.09 Å². The lowest BCUT2D eigenvalue weighted by Crippen LogP contribution is -2.49. The smallest absolute Gasteiger partial charge is 0.407 e. The number of carbonyl (C=O) groups is 1. The summed E-state index contributed by atoms with van der Waals surface area (Å²) in [7, 11) is 0. The summed E-state index contributed by atoms with van der Waals surface area (Å²) in [6.07, 6.45) is 5.36. The molecule has 0 aromatic carbocycles. The van der Waals surface area contributed by atoms with Gasteiger partial charge in [0.1, 0.15) is 5.60 Å². The number of alkyl carbamates (subject to hydrolysis) is 1. The number of nitrogens with zero attached hydrogens (tertiary/aromatic N) is 3. The number of hydrogen-bond donors (Lipinski definition) is 1. The van der Waals surface area contributed by atoms with Crippen LogP contribution in [0.5, 0.6) is 0 Å². The van der Waals surface area contributed by atoms with Crippen LogP contribution in [-0.2, 0) is 10.2 Å². The molecule has 134 valence electrons. The highest BCUT2D eigenvalue weighted by molar-refractivity contribution is 5.68. The molecule has 1 amide bonds. The van der Waals surface area contributed by atoms with E-state index in [4.69, 9.17) is 4.74 Å². The first kappa shape index (κ1) is 18.5. The van der Waals surface area contributed by atoms with E-state index in [-0.39, 0.29) is 17.6 Å². The van der Waals surface area contributed by atoms with Crippen LogP contribution in [0.15, 0.2) is 12.4 Å². The molecule has 0 aliphatic carbocycles. The molecule has 1 unspecified atom stereocenters.